The first-order valence-corrected chi connectivity index (χ1v) is 10.0. The van der Waals surface area contributed by atoms with E-state index in [2.05, 4.69) is 31.2 Å². The Kier molecular flexibility index (Phi) is 4.18. The molecule has 7 nitrogen and oxygen atoms in total. The summed E-state index contributed by atoms with van der Waals surface area (Å²) in [5.74, 6) is -0.370. The molecule has 1 unspecified atom stereocenters. The van der Waals surface area contributed by atoms with Crippen LogP contribution < -0.4 is 16.6 Å². The van der Waals surface area contributed by atoms with Crippen molar-refractivity contribution in [3.63, 3.8) is 0 Å². The van der Waals surface area contributed by atoms with E-state index in [0.717, 1.165) is 37.6 Å². The third kappa shape index (κ3) is 2.83. The minimum absolute atomic E-state index is 0.111. The van der Waals surface area contributed by atoms with Crippen molar-refractivity contribution in [2.45, 2.75) is 12.5 Å². The second-order valence-electron chi connectivity index (χ2n) is 7.01. The van der Waals surface area contributed by atoms with Crippen molar-refractivity contribution in [3.8, 4) is 11.6 Å². The van der Waals surface area contributed by atoms with Crippen LogP contribution in [0.1, 0.15) is 22.9 Å². The van der Waals surface area contributed by atoms with Gasteiger partial charge in [0.05, 0.1) is 11.7 Å². The number of nitrogens with zero attached hydrogens (tertiary/aromatic N) is 1. The Balaban J connectivity index is 1.74. The molecule has 5 rings (SSSR count). The fraction of sp³-hybridized carbons (Fsp3) is 0.143. The number of aromatic amines is 2. The molecule has 0 radical (unpaired) electrons. The van der Waals surface area contributed by atoms with Crippen LogP contribution in [0, 0.1) is 0 Å². The maximum Gasteiger partial charge on any atom is 0.335 e. The van der Waals surface area contributed by atoms with Gasteiger partial charge < -0.3 is 15.4 Å². The summed E-state index contributed by atoms with van der Waals surface area (Å²) in [6.45, 7) is 0.649. The number of rotatable bonds is 2. The normalized spacial score (nSPS) is 16.1. The van der Waals surface area contributed by atoms with Gasteiger partial charge in [0.2, 0.25) is 5.88 Å². The number of H-pyrrole nitrogens is 2. The Morgan fingerprint density at radius 2 is 1.79 bits per heavy atom. The van der Waals surface area contributed by atoms with Crippen LogP contribution in [0.4, 0.5) is 0 Å². The molecule has 0 saturated carbocycles. The van der Waals surface area contributed by atoms with Crippen LogP contribution in [0.2, 0.25) is 0 Å². The van der Waals surface area contributed by atoms with E-state index in [4.69, 9.17) is 0 Å². The van der Waals surface area contributed by atoms with E-state index < -0.39 is 17.3 Å². The Hall–Kier alpha value is -3.10. The number of nitrogens with one attached hydrogen (secondary N) is 3. The number of benzene rings is 2. The molecular formula is C21H17BrN4O3. The van der Waals surface area contributed by atoms with Gasteiger partial charge in [0.25, 0.3) is 5.56 Å². The predicted molar refractivity (Wildman–Crippen MR) is 114 cm³/mol. The van der Waals surface area contributed by atoms with E-state index in [1.165, 1.54) is 0 Å². The van der Waals surface area contributed by atoms with E-state index in [0.29, 0.717) is 12.2 Å². The van der Waals surface area contributed by atoms with Gasteiger partial charge in [-0.2, -0.15) is 0 Å². The first-order chi connectivity index (χ1) is 14.0. The summed E-state index contributed by atoms with van der Waals surface area (Å²) in [6.07, 6.45) is 0.806. The molecule has 0 saturated heterocycles. The minimum atomic E-state index is -0.689. The van der Waals surface area contributed by atoms with Gasteiger partial charge in [0.1, 0.15) is 5.56 Å². The molecule has 146 valence electrons. The van der Waals surface area contributed by atoms with Gasteiger partial charge in [0.15, 0.2) is 0 Å². The predicted octanol–water partition coefficient (Wildman–Crippen LogP) is 2.71. The zero-order valence-electron chi connectivity index (χ0n) is 15.2. The molecule has 4 aromatic rings. The van der Waals surface area contributed by atoms with Gasteiger partial charge in [-0.1, -0.05) is 34.1 Å². The number of aromatic hydroxyl groups is 1. The van der Waals surface area contributed by atoms with E-state index >= 15 is 0 Å². The SMILES string of the molecule is O=c1[nH]c(=O)n(-c2ccc(Br)cc2)c(O)c1C1NCCc2c1[nH]c1ccccc21. The van der Waals surface area contributed by atoms with Crippen LogP contribution in [0.5, 0.6) is 5.88 Å². The average molecular weight is 453 g/mol. The summed E-state index contributed by atoms with van der Waals surface area (Å²) in [5, 5.41) is 15.4. The lowest BCUT2D eigenvalue weighted by atomic mass is 9.95. The van der Waals surface area contributed by atoms with Crippen LogP contribution in [0.15, 0.2) is 62.6 Å². The second kappa shape index (κ2) is 6.75. The van der Waals surface area contributed by atoms with Gasteiger partial charge in [0, 0.05) is 27.6 Å². The van der Waals surface area contributed by atoms with Crippen molar-refractivity contribution < 1.29 is 5.11 Å². The molecule has 1 aliphatic rings. The summed E-state index contributed by atoms with van der Waals surface area (Å²) >= 11 is 3.36. The number of para-hydroxylation sites is 1. The maximum atomic E-state index is 12.7. The maximum absolute atomic E-state index is 12.7. The van der Waals surface area contributed by atoms with Crippen LogP contribution >= 0.6 is 15.9 Å². The van der Waals surface area contributed by atoms with Gasteiger partial charge in [-0.15, -0.1) is 0 Å². The standard InChI is InChI=1S/C21H17BrN4O3/c22-11-5-7-12(8-6-11)26-20(28)16(19(27)25-21(26)29)18-17-14(9-10-23-18)13-3-1-2-4-15(13)24-17/h1-8,18,23-24,28H,9-10H2,(H,25,27,29). The Morgan fingerprint density at radius 1 is 1.03 bits per heavy atom. The van der Waals surface area contributed by atoms with Crippen molar-refractivity contribution >= 4 is 26.8 Å². The van der Waals surface area contributed by atoms with E-state index in [9.17, 15) is 14.7 Å². The summed E-state index contributed by atoms with van der Waals surface area (Å²) in [7, 11) is 0. The smallest absolute Gasteiger partial charge is 0.335 e. The summed E-state index contributed by atoms with van der Waals surface area (Å²) in [5.41, 5.74) is 2.20. The lowest BCUT2D eigenvalue weighted by Gasteiger charge is -2.25. The molecule has 2 aromatic heterocycles. The van der Waals surface area contributed by atoms with Crippen LogP contribution in [-0.2, 0) is 6.42 Å². The molecule has 8 heteroatoms. The summed E-state index contributed by atoms with van der Waals surface area (Å²) < 4.78 is 1.96. The van der Waals surface area contributed by atoms with Crippen LogP contribution in [0.3, 0.4) is 0 Å². The lowest BCUT2D eigenvalue weighted by Crippen LogP contribution is -2.38. The molecule has 0 fully saturated rings. The molecular weight excluding hydrogens is 436 g/mol. The zero-order valence-corrected chi connectivity index (χ0v) is 16.8. The van der Waals surface area contributed by atoms with Gasteiger partial charge in [-0.25, -0.2) is 9.36 Å². The highest BCUT2D eigenvalue weighted by Gasteiger charge is 2.31. The topological polar surface area (TPSA) is 103 Å². The fourth-order valence-electron chi connectivity index (χ4n) is 4.06. The molecule has 1 aliphatic heterocycles. The van der Waals surface area contributed by atoms with Gasteiger partial charge in [-0.05, 0) is 42.3 Å². The van der Waals surface area contributed by atoms with Gasteiger partial charge in [-0.3, -0.25) is 9.78 Å². The highest BCUT2D eigenvalue weighted by atomic mass is 79.9. The minimum Gasteiger partial charge on any atom is -0.494 e. The number of hydrogen-bond donors (Lipinski definition) is 4. The zero-order chi connectivity index (χ0) is 20.1. The van der Waals surface area contributed by atoms with E-state index in [-0.39, 0.29) is 11.4 Å². The molecule has 0 amide bonds. The number of halogens is 1. The monoisotopic (exact) mass is 452 g/mol. The van der Waals surface area contributed by atoms with Crippen molar-refractivity contribution in [1.82, 2.24) is 19.9 Å². The molecule has 3 heterocycles. The Morgan fingerprint density at radius 3 is 2.59 bits per heavy atom. The van der Waals surface area contributed by atoms with Crippen molar-refractivity contribution in [2.24, 2.45) is 0 Å². The molecule has 2 aromatic carbocycles. The average Bonchev–Trinajstić information content (AvgIpc) is 3.09. The highest BCUT2D eigenvalue weighted by Crippen LogP contribution is 2.35. The van der Waals surface area contributed by atoms with Crippen LogP contribution in [0.25, 0.3) is 16.6 Å². The number of aromatic nitrogens is 3. The molecule has 29 heavy (non-hydrogen) atoms. The van der Waals surface area contributed by atoms with E-state index in [1.54, 1.807) is 24.3 Å². The second-order valence-corrected chi connectivity index (χ2v) is 7.92. The summed E-state index contributed by atoms with van der Waals surface area (Å²) in [4.78, 5) is 30.9. The quantitative estimate of drug-likeness (QED) is 0.375. The van der Waals surface area contributed by atoms with E-state index in [1.807, 2.05) is 24.3 Å². The molecule has 0 spiro atoms. The molecule has 1 atom stereocenters. The van der Waals surface area contributed by atoms with Crippen molar-refractivity contribution in [3.05, 3.63) is 90.7 Å². The van der Waals surface area contributed by atoms with Crippen molar-refractivity contribution in [2.75, 3.05) is 6.54 Å². The highest BCUT2D eigenvalue weighted by molar-refractivity contribution is 9.10. The third-order valence-electron chi connectivity index (χ3n) is 5.35. The molecule has 4 N–H and O–H groups in total. The number of fused-ring (bicyclic) bond motifs is 3. The van der Waals surface area contributed by atoms with Gasteiger partial charge >= 0.3 is 5.69 Å². The Labute approximate surface area is 173 Å². The Bertz CT molecular complexity index is 1350. The molecule has 0 bridgehead atoms. The third-order valence-corrected chi connectivity index (χ3v) is 5.88. The van der Waals surface area contributed by atoms with Crippen molar-refractivity contribution in [1.29, 1.82) is 0 Å². The largest absolute Gasteiger partial charge is 0.494 e. The number of hydrogen-bond acceptors (Lipinski definition) is 4. The fourth-order valence-corrected chi connectivity index (χ4v) is 4.32. The summed E-state index contributed by atoms with van der Waals surface area (Å²) in [6, 6.07) is 14.3. The van der Waals surface area contributed by atoms with Crippen LogP contribution in [-0.4, -0.2) is 26.2 Å². The first-order valence-electron chi connectivity index (χ1n) is 9.21. The lowest BCUT2D eigenvalue weighted by molar-refractivity contribution is 0.410. The molecule has 0 aliphatic carbocycles. The first kappa shape index (κ1) is 18.0.